The average Bonchev–Trinajstić information content (AvgIpc) is 3.37. The molecule has 1 atom stereocenters. The molecule has 1 N–H and O–H groups in total. The van der Waals surface area contributed by atoms with Gasteiger partial charge in [0.1, 0.15) is 6.04 Å². The van der Waals surface area contributed by atoms with E-state index < -0.39 is 17.8 Å². The molecule has 1 aromatic carbocycles. The van der Waals surface area contributed by atoms with E-state index in [1.54, 1.807) is 35.9 Å². The van der Waals surface area contributed by atoms with Gasteiger partial charge in [-0.25, -0.2) is 9.97 Å². The van der Waals surface area contributed by atoms with Crippen molar-refractivity contribution in [2.75, 3.05) is 31.6 Å². The third-order valence-corrected chi connectivity index (χ3v) is 6.47. The van der Waals surface area contributed by atoms with Gasteiger partial charge in [0.15, 0.2) is 11.5 Å². The quantitative estimate of drug-likeness (QED) is 0.473. The Morgan fingerprint density at radius 2 is 2.00 bits per heavy atom. The highest BCUT2D eigenvalue weighted by Crippen LogP contribution is 2.38. The van der Waals surface area contributed by atoms with Gasteiger partial charge in [0, 0.05) is 31.7 Å². The molecule has 2 saturated heterocycles. The molecule has 0 bridgehead atoms. The Morgan fingerprint density at radius 1 is 1.23 bits per heavy atom. The summed E-state index contributed by atoms with van der Waals surface area (Å²) in [5.41, 5.74) is -0.318. The van der Waals surface area contributed by atoms with Crippen LogP contribution in [0.25, 0.3) is 27.9 Å². The SMILES string of the molecule is C[C@@H](Nc1nc2c(C(F)(F)F)cccc2c2nc(-c3cnn(C)c3)nn12)C(=O)N1CC2(COC2)C1. The number of rotatable bonds is 4. The van der Waals surface area contributed by atoms with Crippen LogP contribution in [0.4, 0.5) is 19.1 Å². The molecule has 2 aliphatic heterocycles. The van der Waals surface area contributed by atoms with Gasteiger partial charge in [-0.1, -0.05) is 6.07 Å². The average molecular weight is 486 g/mol. The van der Waals surface area contributed by atoms with Crippen LogP contribution in [0.2, 0.25) is 0 Å². The maximum Gasteiger partial charge on any atom is 0.418 e. The molecule has 10 nitrogen and oxygen atoms in total. The number of halogens is 3. The van der Waals surface area contributed by atoms with Crippen molar-refractivity contribution < 1.29 is 22.7 Å². The van der Waals surface area contributed by atoms with Gasteiger partial charge in [0.05, 0.1) is 41.5 Å². The van der Waals surface area contributed by atoms with Crippen molar-refractivity contribution in [2.45, 2.75) is 19.1 Å². The first kappa shape index (κ1) is 21.8. The Labute approximate surface area is 196 Å². The van der Waals surface area contributed by atoms with Gasteiger partial charge in [0.2, 0.25) is 11.9 Å². The minimum absolute atomic E-state index is 0.00472. The number of alkyl halides is 3. The molecule has 1 spiro atoms. The van der Waals surface area contributed by atoms with Crippen molar-refractivity contribution in [2.24, 2.45) is 12.5 Å². The first-order chi connectivity index (χ1) is 16.6. The Morgan fingerprint density at radius 3 is 2.63 bits per heavy atom. The second-order valence-corrected chi connectivity index (χ2v) is 9.26. The Balaban J connectivity index is 1.43. The molecular formula is C22H21F3N8O2. The summed E-state index contributed by atoms with van der Waals surface area (Å²) in [7, 11) is 1.74. The fourth-order valence-corrected chi connectivity index (χ4v) is 4.63. The monoisotopic (exact) mass is 486 g/mol. The zero-order chi connectivity index (χ0) is 24.5. The lowest BCUT2D eigenvalue weighted by Gasteiger charge is -2.55. The zero-order valence-electron chi connectivity index (χ0n) is 18.9. The third-order valence-electron chi connectivity index (χ3n) is 6.47. The van der Waals surface area contributed by atoms with Crippen LogP contribution in [0.15, 0.2) is 30.6 Å². The molecule has 13 heteroatoms. The van der Waals surface area contributed by atoms with Crippen LogP contribution in [-0.2, 0) is 22.8 Å². The lowest BCUT2D eigenvalue weighted by Crippen LogP contribution is -2.68. The van der Waals surface area contributed by atoms with Crippen molar-refractivity contribution in [3.05, 3.63) is 36.2 Å². The van der Waals surface area contributed by atoms with Gasteiger partial charge in [-0.3, -0.25) is 9.48 Å². The number of nitrogens with one attached hydrogen (secondary N) is 1. The van der Waals surface area contributed by atoms with Crippen LogP contribution in [0.1, 0.15) is 12.5 Å². The van der Waals surface area contributed by atoms with Crippen molar-refractivity contribution in [1.82, 2.24) is 34.3 Å². The molecule has 5 heterocycles. The minimum atomic E-state index is -4.62. The number of ether oxygens (including phenoxy) is 1. The van der Waals surface area contributed by atoms with Crippen LogP contribution in [-0.4, -0.2) is 72.5 Å². The first-order valence-electron chi connectivity index (χ1n) is 11.0. The largest absolute Gasteiger partial charge is 0.418 e. The summed E-state index contributed by atoms with van der Waals surface area (Å²) < 4.78 is 49.6. The highest BCUT2D eigenvalue weighted by Gasteiger charge is 2.51. The molecule has 3 aromatic heterocycles. The fraction of sp³-hybridized carbons (Fsp3) is 0.409. The minimum Gasteiger partial charge on any atom is -0.380 e. The van der Waals surface area contributed by atoms with E-state index in [-0.39, 0.29) is 39.6 Å². The van der Waals surface area contributed by atoms with Crippen LogP contribution in [0.3, 0.4) is 0 Å². The predicted molar refractivity (Wildman–Crippen MR) is 118 cm³/mol. The molecule has 0 saturated carbocycles. The van der Waals surface area contributed by atoms with Crippen LogP contribution in [0, 0.1) is 5.41 Å². The van der Waals surface area contributed by atoms with Crippen molar-refractivity contribution in [3.63, 3.8) is 0 Å². The molecular weight excluding hydrogens is 465 g/mol. The third kappa shape index (κ3) is 3.49. The van der Waals surface area contributed by atoms with E-state index in [4.69, 9.17) is 4.74 Å². The lowest BCUT2D eigenvalue weighted by molar-refractivity contribution is -0.195. The summed E-state index contributed by atoms with van der Waals surface area (Å²) in [5, 5.41) is 11.8. The second kappa shape index (κ2) is 7.38. The number of benzene rings is 1. The maximum absolute atomic E-state index is 13.8. The molecule has 1 amide bonds. The van der Waals surface area contributed by atoms with E-state index in [2.05, 4.69) is 25.5 Å². The van der Waals surface area contributed by atoms with Gasteiger partial charge in [-0.15, -0.1) is 5.10 Å². The zero-order valence-corrected chi connectivity index (χ0v) is 18.9. The molecule has 6 rings (SSSR count). The number of anilines is 1. The molecule has 4 aromatic rings. The van der Waals surface area contributed by atoms with Crippen molar-refractivity contribution >= 4 is 28.4 Å². The number of fused-ring (bicyclic) bond motifs is 3. The fourth-order valence-electron chi connectivity index (χ4n) is 4.63. The first-order valence-corrected chi connectivity index (χ1v) is 11.0. The number of carbonyl (C=O) groups is 1. The number of aromatic nitrogens is 6. The number of nitrogens with zero attached hydrogens (tertiary/aromatic N) is 7. The smallest absolute Gasteiger partial charge is 0.380 e. The topological polar surface area (TPSA) is 102 Å². The summed E-state index contributed by atoms with van der Waals surface area (Å²) in [6.07, 6.45) is -1.35. The number of likely N-dealkylation sites (tertiary alicyclic amines) is 1. The number of carbonyl (C=O) groups excluding carboxylic acids is 1. The summed E-state index contributed by atoms with van der Waals surface area (Å²) >= 11 is 0. The lowest BCUT2D eigenvalue weighted by atomic mass is 9.78. The Bertz CT molecular complexity index is 1460. The summed E-state index contributed by atoms with van der Waals surface area (Å²) in [6.45, 7) is 4.14. The van der Waals surface area contributed by atoms with Gasteiger partial charge >= 0.3 is 6.18 Å². The van der Waals surface area contributed by atoms with Gasteiger partial charge in [0.25, 0.3) is 0 Å². The standard InChI is InChI=1S/C22H21F3N8O2/c1-12(19(34)32-8-21(9-32)10-35-11-21)27-20-28-16-14(4-3-5-15(16)22(23,24)25)18-29-17(30-33(18)20)13-6-26-31(2)7-13/h3-7,12H,8-11H2,1-2H3,(H,27,28)/t12-/m1/s1. The molecule has 35 heavy (non-hydrogen) atoms. The van der Waals surface area contributed by atoms with E-state index in [1.165, 1.54) is 16.6 Å². The number of hydrogen-bond donors (Lipinski definition) is 1. The summed E-state index contributed by atoms with van der Waals surface area (Å²) in [6, 6.07) is 3.07. The molecule has 0 unspecified atom stereocenters. The van der Waals surface area contributed by atoms with Crippen molar-refractivity contribution in [1.29, 1.82) is 0 Å². The Kier molecular flexibility index (Phi) is 4.59. The molecule has 182 valence electrons. The van der Waals surface area contributed by atoms with E-state index in [0.717, 1.165) is 6.07 Å². The second-order valence-electron chi connectivity index (χ2n) is 9.26. The summed E-state index contributed by atoms with van der Waals surface area (Å²) in [4.78, 5) is 23.5. The maximum atomic E-state index is 13.8. The number of hydrogen-bond acceptors (Lipinski definition) is 7. The van der Waals surface area contributed by atoms with E-state index in [1.807, 2.05) is 0 Å². The van der Waals surface area contributed by atoms with E-state index in [0.29, 0.717) is 31.9 Å². The van der Waals surface area contributed by atoms with Gasteiger partial charge in [-0.2, -0.15) is 22.8 Å². The number of para-hydroxylation sites is 1. The van der Waals surface area contributed by atoms with E-state index >= 15 is 0 Å². The number of amides is 1. The molecule has 2 aliphatic rings. The van der Waals surface area contributed by atoms with Crippen LogP contribution >= 0.6 is 0 Å². The molecule has 2 fully saturated rings. The molecule has 0 aliphatic carbocycles. The number of aryl methyl sites for hydroxylation is 1. The highest BCUT2D eigenvalue weighted by atomic mass is 19.4. The van der Waals surface area contributed by atoms with Crippen molar-refractivity contribution in [3.8, 4) is 11.4 Å². The van der Waals surface area contributed by atoms with Crippen LogP contribution < -0.4 is 5.32 Å². The highest BCUT2D eigenvalue weighted by molar-refractivity contribution is 5.95. The van der Waals surface area contributed by atoms with Crippen LogP contribution in [0.5, 0.6) is 0 Å². The van der Waals surface area contributed by atoms with Gasteiger partial charge < -0.3 is 15.0 Å². The molecule has 0 radical (unpaired) electrons. The summed E-state index contributed by atoms with van der Waals surface area (Å²) in [5.74, 6) is 0.102. The Hall–Kier alpha value is -3.74. The van der Waals surface area contributed by atoms with E-state index in [9.17, 15) is 18.0 Å². The van der Waals surface area contributed by atoms with Gasteiger partial charge in [-0.05, 0) is 19.1 Å². The predicted octanol–water partition coefficient (Wildman–Crippen LogP) is 2.36. The normalized spacial score (nSPS) is 18.0.